The molecule has 0 bridgehead atoms. The minimum atomic E-state index is 0.0371. The first-order valence-electron chi connectivity index (χ1n) is 11.1. The topological polar surface area (TPSA) is 59.9 Å². The molecule has 2 aliphatic rings. The van der Waals surface area contributed by atoms with Crippen molar-refractivity contribution in [2.24, 2.45) is 22.4 Å². The van der Waals surface area contributed by atoms with Crippen LogP contribution in [0.15, 0.2) is 41.5 Å². The van der Waals surface area contributed by atoms with Gasteiger partial charge in [-0.25, -0.2) is 5.43 Å². The molecular weight excluding hydrogens is 539 g/mol. The average Bonchev–Trinajstić information content (AvgIpc) is 3.40. The molecule has 0 aromatic heterocycles. The van der Waals surface area contributed by atoms with Gasteiger partial charge in [-0.1, -0.05) is 49.6 Å². The lowest BCUT2D eigenvalue weighted by atomic mass is 9.90. The van der Waals surface area contributed by atoms with Crippen LogP contribution in [0.5, 0.6) is 11.5 Å². The third kappa shape index (κ3) is 4.91. The molecule has 7 heteroatoms. The maximum atomic E-state index is 12.6. The second kappa shape index (κ2) is 10.00. The molecule has 2 aromatic rings. The predicted molar refractivity (Wildman–Crippen MR) is 135 cm³/mol. The van der Waals surface area contributed by atoms with E-state index in [0.29, 0.717) is 35.7 Å². The number of hydrogen-bond acceptors (Lipinski definition) is 4. The van der Waals surface area contributed by atoms with Crippen molar-refractivity contribution in [3.8, 4) is 11.5 Å². The van der Waals surface area contributed by atoms with Crippen molar-refractivity contribution in [3.05, 3.63) is 56.1 Å². The molecule has 0 aliphatic heterocycles. The van der Waals surface area contributed by atoms with Crippen LogP contribution in [0.1, 0.15) is 50.7 Å². The minimum absolute atomic E-state index is 0.0371. The number of nitrogens with one attached hydrogen (secondary N) is 1. The molecule has 3 atom stereocenters. The van der Waals surface area contributed by atoms with Gasteiger partial charge < -0.3 is 9.47 Å². The van der Waals surface area contributed by atoms with E-state index in [1.54, 1.807) is 6.21 Å². The van der Waals surface area contributed by atoms with Crippen molar-refractivity contribution in [1.82, 2.24) is 5.43 Å². The van der Waals surface area contributed by atoms with Gasteiger partial charge in [0.2, 0.25) is 5.91 Å². The lowest BCUT2D eigenvalue weighted by Gasteiger charge is -2.15. The SMILES string of the molecule is CCOc1cc(/C=N\NC(=O)[C@@H]2[C@@H]3CCCC[C@@]23C)cc(I)c1OCc1ccccc1Cl. The number of hydrogen-bond donors (Lipinski definition) is 1. The van der Waals surface area contributed by atoms with Gasteiger partial charge in [0, 0.05) is 16.5 Å². The molecular formula is C25H28ClIN2O3. The van der Waals surface area contributed by atoms with Gasteiger partial charge in [-0.2, -0.15) is 5.10 Å². The van der Waals surface area contributed by atoms with E-state index in [0.717, 1.165) is 27.5 Å². The summed E-state index contributed by atoms with van der Waals surface area (Å²) in [5, 5.41) is 4.90. The quantitative estimate of drug-likeness (QED) is 0.235. The molecule has 1 N–H and O–H groups in total. The highest BCUT2D eigenvalue weighted by Gasteiger charge is 2.64. The van der Waals surface area contributed by atoms with E-state index in [4.69, 9.17) is 21.1 Å². The Labute approximate surface area is 208 Å². The summed E-state index contributed by atoms with van der Waals surface area (Å²) in [5.41, 5.74) is 4.68. The van der Waals surface area contributed by atoms with E-state index in [1.807, 2.05) is 43.3 Å². The van der Waals surface area contributed by atoms with Crippen LogP contribution < -0.4 is 14.9 Å². The maximum Gasteiger partial charge on any atom is 0.244 e. The average molecular weight is 567 g/mol. The summed E-state index contributed by atoms with van der Waals surface area (Å²) in [6, 6.07) is 11.4. The van der Waals surface area contributed by atoms with Gasteiger partial charge >= 0.3 is 0 Å². The highest BCUT2D eigenvalue weighted by atomic mass is 127. The zero-order valence-electron chi connectivity index (χ0n) is 18.4. The lowest BCUT2D eigenvalue weighted by Crippen LogP contribution is -2.22. The molecule has 2 fully saturated rings. The molecule has 2 aromatic carbocycles. The van der Waals surface area contributed by atoms with Crippen LogP contribution in [0.3, 0.4) is 0 Å². The fraction of sp³-hybridized carbons (Fsp3) is 0.440. The van der Waals surface area contributed by atoms with Crippen molar-refractivity contribution in [2.75, 3.05) is 6.61 Å². The largest absolute Gasteiger partial charge is 0.490 e. The number of nitrogens with zero attached hydrogens (tertiary/aromatic N) is 1. The molecule has 32 heavy (non-hydrogen) atoms. The number of carbonyl (C=O) groups excluding carboxylic acids is 1. The van der Waals surface area contributed by atoms with E-state index < -0.39 is 0 Å². The summed E-state index contributed by atoms with van der Waals surface area (Å²) in [4.78, 5) is 12.6. The first-order valence-corrected chi connectivity index (χ1v) is 12.5. The number of amides is 1. The Morgan fingerprint density at radius 2 is 2.12 bits per heavy atom. The Kier molecular flexibility index (Phi) is 7.30. The van der Waals surface area contributed by atoms with Gasteiger partial charge in [-0.15, -0.1) is 0 Å². The fourth-order valence-electron chi connectivity index (χ4n) is 4.92. The molecule has 2 saturated carbocycles. The van der Waals surface area contributed by atoms with Crippen molar-refractivity contribution in [3.63, 3.8) is 0 Å². The van der Waals surface area contributed by atoms with Crippen molar-refractivity contribution in [1.29, 1.82) is 0 Å². The van der Waals surface area contributed by atoms with Crippen LogP contribution in [-0.2, 0) is 11.4 Å². The Balaban J connectivity index is 1.43. The Bertz CT molecular complexity index is 1030. The molecule has 0 unspecified atom stereocenters. The van der Waals surface area contributed by atoms with Crippen LogP contribution in [-0.4, -0.2) is 18.7 Å². The van der Waals surface area contributed by atoms with E-state index in [2.05, 4.69) is 40.0 Å². The molecule has 0 spiro atoms. The van der Waals surface area contributed by atoms with Crippen molar-refractivity contribution >= 4 is 46.3 Å². The minimum Gasteiger partial charge on any atom is -0.490 e. The van der Waals surface area contributed by atoms with E-state index in [1.165, 1.54) is 12.8 Å². The second-order valence-corrected chi connectivity index (χ2v) is 10.3. The molecule has 4 rings (SSSR count). The predicted octanol–water partition coefficient (Wildman–Crippen LogP) is 6.20. The van der Waals surface area contributed by atoms with Gasteiger partial charge in [0.25, 0.3) is 0 Å². The monoisotopic (exact) mass is 566 g/mol. The highest BCUT2D eigenvalue weighted by molar-refractivity contribution is 14.1. The smallest absolute Gasteiger partial charge is 0.244 e. The maximum absolute atomic E-state index is 12.6. The number of hydrazone groups is 1. The molecule has 0 heterocycles. The summed E-state index contributed by atoms with van der Waals surface area (Å²) in [7, 11) is 0. The molecule has 0 saturated heterocycles. The van der Waals surface area contributed by atoms with Gasteiger partial charge in [0.1, 0.15) is 6.61 Å². The molecule has 2 aliphatic carbocycles. The first kappa shape index (κ1) is 23.4. The Hall–Kier alpha value is -1.80. The van der Waals surface area contributed by atoms with Gasteiger partial charge in [0.05, 0.1) is 16.4 Å². The Morgan fingerprint density at radius 3 is 2.84 bits per heavy atom. The zero-order chi connectivity index (χ0) is 22.7. The molecule has 170 valence electrons. The standard InChI is InChI=1S/C25H28ClIN2O3/c1-3-31-21-13-16(12-20(27)23(21)32-15-17-8-4-5-10-19(17)26)14-28-29-24(30)22-18-9-6-7-11-25(18,22)2/h4-5,8,10,12-14,18,22H,3,6-7,9,11,15H2,1-2H3,(H,29,30)/b28-14-/t18-,22-,25+/m0/s1. The van der Waals surface area contributed by atoms with E-state index >= 15 is 0 Å². The molecule has 5 nitrogen and oxygen atoms in total. The van der Waals surface area contributed by atoms with Gasteiger partial charge in [-0.3, -0.25) is 4.79 Å². The second-order valence-electron chi connectivity index (χ2n) is 8.71. The number of fused-ring (bicyclic) bond motifs is 1. The summed E-state index contributed by atoms with van der Waals surface area (Å²) in [6.45, 7) is 5.03. The summed E-state index contributed by atoms with van der Waals surface area (Å²) >= 11 is 8.47. The van der Waals surface area contributed by atoms with Crippen LogP contribution in [0.25, 0.3) is 0 Å². The third-order valence-electron chi connectivity index (χ3n) is 6.66. The zero-order valence-corrected chi connectivity index (χ0v) is 21.3. The fourth-order valence-corrected chi connectivity index (χ4v) is 5.89. The highest BCUT2D eigenvalue weighted by Crippen LogP contribution is 2.66. The number of halogens is 2. The molecule has 0 radical (unpaired) electrons. The number of rotatable bonds is 8. The van der Waals surface area contributed by atoms with Crippen LogP contribution in [0, 0.1) is 20.8 Å². The van der Waals surface area contributed by atoms with Crippen molar-refractivity contribution < 1.29 is 14.3 Å². The van der Waals surface area contributed by atoms with Crippen LogP contribution >= 0.6 is 34.2 Å². The van der Waals surface area contributed by atoms with E-state index in [9.17, 15) is 4.79 Å². The summed E-state index contributed by atoms with van der Waals surface area (Å²) in [6.07, 6.45) is 6.42. The number of ether oxygens (including phenoxy) is 2. The summed E-state index contributed by atoms with van der Waals surface area (Å²) in [5.74, 6) is 1.96. The normalized spacial score (nSPS) is 24.1. The first-order chi connectivity index (χ1) is 15.4. The number of carbonyl (C=O) groups is 1. The van der Waals surface area contributed by atoms with Crippen LogP contribution in [0.4, 0.5) is 0 Å². The molecule has 1 amide bonds. The van der Waals surface area contributed by atoms with E-state index in [-0.39, 0.29) is 17.2 Å². The number of benzene rings is 2. The third-order valence-corrected chi connectivity index (χ3v) is 7.83. The summed E-state index contributed by atoms with van der Waals surface area (Å²) < 4.78 is 12.8. The Morgan fingerprint density at radius 1 is 1.31 bits per heavy atom. The van der Waals surface area contributed by atoms with Gasteiger partial charge in [0.15, 0.2) is 11.5 Å². The lowest BCUT2D eigenvalue weighted by molar-refractivity contribution is -0.123. The van der Waals surface area contributed by atoms with Crippen LogP contribution in [0.2, 0.25) is 5.02 Å². The van der Waals surface area contributed by atoms with Crippen molar-refractivity contribution in [2.45, 2.75) is 46.1 Å². The van der Waals surface area contributed by atoms with Gasteiger partial charge in [-0.05, 0) is 77.5 Å².